The molecule has 0 spiro atoms. The van der Waals surface area contributed by atoms with Gasteiger partial charge in [-0.2, -0.15) is 0 Å². The summed E-state index contributed by atoms with van der Waals surface area (Å²) >= 11 is 12.2. The summed E-state index contributed by atoms with van der Waals surface area (Å²) in [6, 6.07) is 10.6. The van der Waals surface area contributed by atoms with Crippen LogP contribution in [0.5, 0.6) is 0 Å². The second kappa shape index (κ2) is 7.91. The molecule has 0 atom stereocenters. The molecule has 0 saturated heterocycles. The van der Waals surface area contributed by atoms with Crippen LogP contribution in [-0.2, 0) is 6.54 Å². The molecule has 0 saturated carbocycles. The van der Waals surface area contributed by atoms with Crippen molar-refractivity contribution >= 4 is 58.2 Å². The fourth-order valence-electron chi connectivity index (χ4n) is 2.62. The largest absolute Gasteiger partial charge is 0.324 e. The first-order valence-electron chi connectivity index (χ1n) is 7.35. The summed E-state index contributed by atoms with van der Waals surface area (Å²) < 4.78 is 2.03. The van der Waals surface area contributed by atoms with Crippen LogP contribution in [0.15, 0.2) is 49.1 Å². The highest BCUT2D eigenvalue weighted by Crippen LogP contribution is 2.28. The Labute approximate surface area is 161 Å². The number of carbonyl (C=O) groups is 1. The molecule has 0 aliphatic heterocycles. The number of hydrogen-bond acceptors (Lipinski definition) is 2. The van der Waals surface area contributed by atoms with E-state index in [9.17, 15) is 4.79 Å². The van der Waals surface area contributed by atoms with Gasteiger partial charge in [-0.05, 0) is 31.2 Å². The number of carbonyl (C=O) groups excluding carboxylic acids is 1. The van der Waals surface area contributed by atoms with E-state index < -0.39 is 0 Å². The number of anilines is 1. The molecule has 25 heavy (non-hydrogen) atoms. The summed E-state index contributed by atoms with van der Waals surface area (Å²) in [4.78, 5) is 17.1. The molecule has 0 unspecified atom stereocenters. The second-order valence-electron chi connectivity index (χ2n) is 5.28. The van der Waals surface area contributed by atoms with Gasteiger partial charge in [-0.3, -0.25) is 4.79 Å². The van der Waals surface area contributed by atoms with E-state index in [4.69, 9.17) is 23.2 Å². The van der Waals surface area contributed by atoms with E-state index in [2.05, 4.69) is 16.9 Å². The summed E-state index contributed by atoms with van der Waals surface area (Å²) in [7, 11) is 0. The van der Waals surface area contributed by atoms with Crippen LogP contribution in [0.2, 0.25) is 10.0 Å². The first-order chi connectivity index (χ1) is 11.5. The number of hydrogen-bond donors (Lipinski definition) is 1. The van der Waals surface area contributed by atoms with Crippen LogP contribution in [0, 0.1) is 6.92 Å². The zero-order valence-electron chi connectivity index (χ0n) is 13.4. The van der Waals surface area contributed by atoms with E-state index in [0.717, 1.165) is 11.3 Å². The predicted molar refractivity (Wildman–Crippen MR) is 106 cm³/mol. The van der Waals surface area contributed by atoms with Gasteiger partial charge in [0.15, 0.2) is 0 Å². The van der Waals surface area contributed by atoms with Gasteiger partial charge in [0.25, 0.3) is 5.91 Å². The quantitative estimate of drug-likeness (QED) is 0.591. The molecular formula is C18H16Cl3N3O. The summed E-state index contributed by atoms with van der Waals surface area (Å²) in [5.74, 6) is 0.483. The Morgan fingerprint density at radius 3 is 2.52 bits per heavy atom. The van der Waals surface area contributed by atoms with E-state index in [0.29, 0.717) is 27.8 Å². The molecule has 4 nitrogen and oxygen atoms in total. The molecule has 0 fully saturated rings. The lowest BCUT2D eigenvalue weighted by Crippen LogP contribution is -2.13. The van der Waals surface area contributed by atoms with E-state index in [1.54, 1.807) is 24.3 Å². The molecule has 0 aliphatic rings. The average Bonchev–Trinajstić information content (AvgIpc) is 2.85. The SMILES string of the molecule is C=CCn1c(C)nc2c(NC(=O)c3c(Cl)cccc3Cl)cccc21.Cl. The summed E-state index contributed by atoms with van der Waals surface area (Å²) in [6.07, 6.45) is 1.81. The van der Waals surface area contributed by atoms with Crippen molar-refractivity contribution in [3.8, 4) is 0 Å². The van der Waals surface area contributed by atoms with Crippen LogP contribution < -0.4 is 5.32 Å². The summed E-state index contributed by atoms with van der Waals surface area (Å²) in [5, 5.41) is 3.47. The number of allylic oxidation sites excluding steroid dienone is 1. The standard InChI is InChI=1S/C18H15Cl2N3O.ClH/c1-3-10-23-11(2)21-17-14(8-5-9-15(17)23)22-18(24)16-12(19)6-4-7-13(16)20;/h3-9H,1,10H2,2H3,(H,22,24);1H. The van der Waals surface area contributed by atoms with Crippen LogP contribution in [0.25, 0.3) is 11.0 Å². The van der Waals surface area contributed by atoms with Gasteiger partial charge in [-0.25, -0.2) is 4.98 Å². The molecule has 1 heterocycles. The van der Waals surface area contributed by atoms with Crippen molar-refractivity contribution in [3.63, 3.8) is 0 Å². The second-order valence-corrected chi connectivity index (χ2v) is 6.10. The van der Waals surface area contributed by atoms with Gasteiger partial charge in [-0.15, -0.1) is 19.0 Å². The van der Waals surface area contributed by atoms with Crippen molar-refractivity contribution in [3.05, 3.63) is 70.5 Å². The molecule has 0 aliphatic carbocycles. The molecule has 2 aromatic carbocycles. The zero-order valence-corrected chi connectivity index (χ0v) is 15.8. The Hall–Kier alpha value is -2.01. The van der Waals surface area contributed by atoms with Gasteiger partial charge in [0.05, 0.1) is 26.8 Å². The first kappa shape index (κ1) is 19.3. The van der Waals surface area contributed by atoms with Gasteiger partial charge < -0.3 is 9.88 Å². The van der Waals surface area contributed by atoms with Crippen molar-refractivity contribution in [1.82, 2.24) is 9.55 Å². The smallest absolute Gasteiger partial charge is 0.258 e. The Kier molecular flexibility index (Phi) is 6.11. The highest BCUT2D eigenvalue weighted by atomic mass is 35.5. The predicted octanol–water partition coefficient (Wildman–Crippen LogP) is 5.51. The number of nitrogens with one attached hydrogen (secondary N) is 1. The van der Waals surface area contributed by atoms with Crippen LogP contribution in [0.3, 0.4) is 0 Å². The highest BCUT2D eigenvalue weighted by Gasteiger charge is 2.17. The van der Waals surface area contributed by atoms with Crippen molar-refractivity contribution in [2.75, 3.05) is 5.32 Å². The number of benzene rings is 2. The number of para-hydroxylation sites is 1. The van der Waals surface area contributed by atoms with E-state index in [1.807, 2.05) is 29.7 Å². The number of amides is 1. The fourth-order valence-corrected chi connectivity index (χ4v) is 3.19. The zero-order chi connectivity index (χ0) is 17.3. The minimum absolute atomic E-state index is 0. The molecule has 130 valence electrons. The maximum absolute atomic E-state index is 12.6. The Balaban J connectivity index is 0.00000225. The third kappa shape index (κ3) is 3.66. The molecular weight excluding hydrogens is 381 g/mol. The number of rotatable bonds is 4. The molecule has 0 radical (unpaired) electrons. The van der Waals surface area contributed by atoms with Crippen LogP contribution in [0.1, 0.15) is 16.2 Å². The van der Waals surface area contributed by atoms with Gasteiger partial charge in [0.1, 0.15) is 11.3 Å². The number of aromatic nitrogens is 2. The van der Waals surface area contributed by atoms with Crippen LogP contribution in [0.4, 0.5) is 5.69 Å². The molecule has 3 rings (SSSR count). The Morgan fingerprint density at radius 1 is 1.24 bits per heavy atom. The average molecular weight is 397 g/mol. The third-order valence-electron chi connectivity index (χ3n) is 3.72. The number of aryl methyl sites for hydroxylation is 1. The molecule has 1 aromatic heterocycles. The van der Waals surface area contributed by atoms with E-state index in [1.165, 1.54) is 0 Å². The molecule has 1 N–H and O–H groups in total. The summed E-state index contributed by atoms with van der Waals surface area (Å²) in [5.41, 5.74) is 2.50. The van der Waals surface area contributed by atoms with Gasteiger partial charge in [0, 0.05) is 6.54 Å². The number of imidazole rings is 1. The maximum atomic E-state index is 12.6. The minimum atomic E-state index is -0.367. The monoisotopic (exact) mass is 395 g/mol. The molecule has 7 heteroatoms. The Bertz CT molecular complexity index is 930. The molecule has 1 amide bonds. The topological polar surface area (TPSA) is 46.9 Å². The van der Waals surface area contributed by atoms with Gasteiger partial charge in [-0.1, -0.05) is 41.4 Å². The third-order valence-corrected chi connectivity index (χ3v) is 4.35. The van der Waals surface area contributed by atoms with Gasteiger partial charge >= 0.3 is 0 Å². The van der Waals surface area contributed by atoms with Crippen molar-refractivity contribution < 1.29 is 4.79 Å². The lowest BCUT2D eigenvalue weighted by Gasteiger charge is -2.09. The van der Waals surface area contributed by atoms with Crippen molar-refractivity contribution in [2.45, 2.75) is 13.5 Å². The number of nitrogens with zero attached hydrogens (tertiary/aromatic N) is 2. The highest BCUT2D eigenvalue weighted by molar-refractivity contribution is 6.40. The summed E-state index contributed by atoms with van der Waals surface area (Å²) in [6.45, 7) is 6.33. The lowest BCUT2D eigenvalue weighted by molar-refractivity contribution is 0.102. The van der Waals surface area contributed by atoms with E-state index >= 15 is 0 Å². The normalized spacial score (nSPS) is 10.4. The fraction of sp³-hybridized carbons (Fsp3) is 0.111. The molecule has 3 aromatic rings. The number of halogens is 3. The van der Waals surface area contributed by atoms with E-state index in [-0.39, 0.29) is 23.9 Å². The minimum Gasteiger partial charge on any atom is -0.324 e. The maximum Gasteiger partial charge on any atom is 0.258 e. The van der Waals surface area contributed by atoms with Crippen molar-refractivity contribution in [1.29, 1.82) is 0 Å². The van der Waals surface area contributed by atoms with Crippen LogP contribution in [-0.4, -0.2) is 15.5 Å². The van der Waals surface area contributed by atoms with Gasteiger partial charge in [0.2, 0.25) is 0 Å². The Morgan fingerprint density at radius 2 is 1.88 bits per heavy atom. The first-order valence-corrected chi connectivity index (χ1v) is 8.10. The molecule has 0 bridgehead atoms. The number of fused-ring (bicyclic) bond motifs is 1. The lowest BCUT2D eigenvalue weighted by atomic mass is 10.2. The van der Waals surface area contributed by atoms with Crippen LogP contribution >= 0.6 is 35.6 Å². The van der Waals surface area contributed by atoms with Crippen molar-refractivity contribution in [2.24, 2.45) is 0 Å².